The largest absolute Gasteiger partial charge is 0.508 e. The van der Waals surface area contributed by atoms with Gasteiger partial charge >= 0.3 is 0 Å². The molecule has 152 valence electrons. The van der Waals surface area contributed by atoms with E-state index in [1.54, 1.807) is 19.1 Å². The Morgan fingerprint density at radius 3 is 2.70 bits per heavy atom. The molecule has 6 heteroatoms. The first-order valence-electron chi connectivity index (χ1n) is 9.31. The fourth-order valence-corrected chi connectivity index (χ4v) is 3.15. The van der Waals surface area contributed by atoms with Gasteiger partial charge in [-0.2, -0.15) is 0 Å². The molecule has 0 aliphatic carbocycles. The van der Waals surface area contributed by atoms with Gasteiger partial charge in [-0.1, -0.05) is 41.7 Å². The van der Waals surface area contributed by atoms with E-state index in [9.17, 15) is 14.3 Å². The highest BCUT2D eigenvalue weighted by molar-refractivity contribution is 5.93. The van der Waals surface area contributed by atoms with Gasteiger partial charge in [0.2, 0.25) is 0 Å². The number of carbonyl (C=O) groups is 1. The molecule has 3 N–H and O–H groups in total. The fourth-order valence-electron chi connectivity index (χ4n) is 3.15. The van der Waals surface area contributed by atoms with Crippen molar-refractivity contribution in [2.45, 2.75) is 19.9 Å². The molecule has 3 rings (SSSR count). The standard InChI is InChI=1S/C24H21FN2O3/c1-15-5-3-7-18(11-15)23(20-14-19(25)8-9-22(20)29)27-24(30)21-13-17(6-4-10-28)12-16(2)26-21/h3,5,7-9,11-14,23,28-29H,10H2,1-2H3,(H,27,30). The number of aryl methyl sites for hydroxylation is 2. The number of nitrogens with zero attached hydrogens (tertiary/aromatic N) is 1. The summed E-state index contributed by atoms with van der Waals surface area (Å²) in [6.07, 6.45) is 0. The molecule has 0 saturated heterocycles. The normalized spacial score (nSPS) is 11.3. The van der Waals surface area contributed by atoms with Crippen LogP contribution in [0.15, 0.2) is 54.6 Å². The number of pyridine rings is 1. The summed E-state index contributed by atoms with van der Waals surface area (Å²) in [5.41, 5.74) is 3.15. The van der Waals surface area contributed by atoms with Crippen molar-refractivity contribution in [1.82, 2.24) is 10.3 Å². The lowest BCUT2D eigenvalue weighted by Gasteiger charge is -2.21. The van der Waals surface area contributed by atoms with Crippen LogP contribution < -0.4 is 5.32 Å². The van der Waals surface area contributed by atoms with Gasteiger partial charge in [-0.25, -0.2) is 9.37 Å². The molecular formula is C24H21FN2O3. The number of rotatable bonds is 4. The topological polar surface area (TPSA) is 82.5 Å². The smallest absolute Gasteiger partial charge is 0.270 e. The zero-order valence-electron chi connectivity index (χ0n) is 16.6. The predicted molar refractivity (Wildman–Crippen MR) is 111 cm³/mol. The summed E-state index contributed by atoms with van der Waals surface area (Å²) >= 11 is 0. The average Bonchev–Trinajstić information content (AvgIpc) is 2.72. The number of phenolic OH excluding ortho intramolecular Hbond substituents is 1. The Labute approximate surface area is 174 Å². The number of hydrogen-bond donors (Lipinski definition) is 3. The number of hydrogen-bond acceptors (Lipinski definition) is 4. The molecule has 30 heavy (non-hydrogen) atoms. The Kier molecular flexibility index (Phi) is 6.45. The molecule has 0 bridgehead atoms. The summed E-state index contributed by atoms with van der Waals surface area (Å²) in [6.45, 7) is 3.34. The number of aromatic nitrogens is 1. The number of aromatic hydroxyl groups is 1. The molecular weight excluding hydrogens is 383 g/mol. The van der Waals surface area contributed by atoms with Crippen molar-refractivity contribution in [3.63, 3.8) is 0 Å². The number of nitrogens with one attached hydrogen (secondary N) is 1. The molecule has 1 unspecified atom stereocenters. The van der Waals surface area contributed by atoms with E-state index >= 15 is 0 Å². The first-order chi connectivity index (χ1) is 14.4. The van der Waals surface area contributed by atoms with E-state index in [2.05, 4.69) is 22.1 Å². The molecule has 0 aliphatic heterocycles. The van der Waals surface area contributed by atoms with Crippen LogP contribution in [0.4, 0.5) is 4.39 Å². The number of aliphatic hydroxyl groups is 1. The number of amides is 1. The second-order valence-corrected chi connectivity index (χ2v) is 6.87. The molecule has 0 radical (unpaired) electrons. The second kappa shape index (κ2) is 9.21. The van der Waals surface area contributed by atoms with Gasteiger partial charge in [-0.3, -0.25) is 4.79 Å². The van der Waals surface area contributed by atoms with Gasteiger partial charge in [0.1, 0.15) is 23.9 Å². The molecule has 0 spiro atoms. The molecule has 1 aromatic heterocycles. The Hall–Kier alpha value is -3.69. The van der Waals surface area contributed by atoms with E-state index in [4.69, 9.17) is 5.11 Å². The maximum atomic E-state index is 13.9. The lowest BCUT2D eigenvalue weighted by atomic mass is 9.96. The van der Waals surface area contributed by atoms with Crippen molar-refractivity contribution < 1.29 is 19.4 Å². The van der Waals surface area contributed by atoms with Crippen LogP contribution in [0.1, 0.15) is 44.5 Å². The van der Waals surface area contributed by atoms with Crippen LogP contribution in [0.3, 0.4) is 0 Å². The molecule has 1 heterocycles. The van der Waals surface area contributed by atoms with Crippen molar-refractivity contribution in [2.24, 2.45) is 0 Å². The SMILES string of the molecule is Cc1cccc(C(NC(=O)c2cc(C#CCO)cc(C)n2)c2cc(F)ccc2O)c1. The molecule has 1 atom stereocenters. The van der Waals surface area contributed by atoms with Crippen molar-refractivity contribution in [1.29, 1.82) is 0 Å². The van der Waals surface area contributed by atoms with Crippen molar-refractivity contribution in [2.75, 3.05) is 6.61 Å². The molecule has 2 aromatic carbocycles. The monoisotopic (exact) mass is 404 g/mol. The number of aliphatic hydroxyl groups excluding tert-OH is 1. The third-order valence-electron chi connectivity index (χ3n) is 4.45. The number of benzene rings is 2. The predicted octanol–water partition coefficient (Wildman–Crippen LogP) is 3.41. The van der Waals surface area contributed by atoms with E-state index in [-0.39, 0.29) is 23.6 Å². The van der Waals surface area contributed by atoms with Gasteiger partial charge in [0.15, 0.2) is 0 Å². The van der Waals surface area contributed by atoms with Crippen molar-refractivity contribution >= 4 is 5.91 Å². The minimum absolute atomic E-state index is 0.130. The summed E-state index contributed by atoms with van der Waals surface area (Å²) in [5.74, 6) is 4.15. The molecule has 1 amide bonds. The Bertz CT molecular complexity index is 1150. The lowest BCUT2D eigenvalue weighted by molar-refractivity contribution is 0.0937. The van der Waals surface area contributed by atoms with E-state index in [0.29, 0.717) is 16.8 Å². The summed E-state index contributed by atoms with van der Waals surface area (Å²) in [7, 11) is 0. The zero-order chi connectivity index (χ0) is 21.7. The maximum Gasteiger partial charge on any atom is 0.270 e. The van der Waals surface area contributed by atoms with E-state index in [1.807, 2.05) is 25.1 Å². The highest BCUT2D eigenvalue weighted by atomic mass is 19.1. The first-order valence-corrected chi connectivity index (χ1v) is 9.31. The quantitative estimate of drug-likeness (QED) is 0.582. The maximum absolute atomic E-state index is 13.9. The van der Waals surface area contributed by atoms with Gasteiger partial charge in [0.25, 0.3) is 5.91 Å². The highest BCUT2D eigenvalue weighted by Gasteiger charge is 2.22. The van der Waals surface area contributed by atoms with Gasteiger partial charge in [0, 0.05) is 16.8 Å². The van der Waals surface area contributed by atoms with E-state index in [1.165, 1.54) is 18.2 Å². The van der Waals surface area contributed by atoms with Crippen LogP contribution in [0.5, 0.6) is 5.75 Å². The first kappa shape index (κ1) is 21.0. The second-order valence-electron chi connectivity index (χ2n) is 6.87. The third kappa shape index (κ3) is 5.02. The Balaban J connectivity index is 2.02. The van der Waals surface area contributed by atoms with Crippen LogP contribution in [0, 0.1) is 31.5 Å². The van der Waals surface area contributed by atoms with Gasteiger partial charge in [-0.15, -0.1) is 0 Å². The summed E-state index contributed by atoms with van der Waals surface area (Å²) in [5, 5.41) is 22.1. The molecule has 0 saturated carbocycles. The Morgan fingerprint density at radius 1 is 1.17 bits per heavy atom. The highest BCUT2D eigenvalue weighted by Crippen LogP contribution is 2.30. The zero-order valence-corrected chi connectivity index (χ0v) is 16.6. The summed E-state index contributed by atoms with van der Waals surface area (Å²) in [4.78, 5) is 17.3. The van der Waals surface area contributed by atoms with Crippen LogP contribution in [-0.4, -0.2) is 27.7 Å². The van der Waals surface area contributed by atoms with Gasteiger partial charge < -0.3 is 15.5 Å². The minimum Gasteiger partial charge on any atom is -0.508 e. The van der Waals surface area contributed by atoms with E-state index in [0.717, 1.165) is 11.6 Å². The van der Waals surface area contributed by atoms with Crippen LogP contribution in [0.2, 0.25) is 0 Å². The fraction of sp³-hybridized carbons (Fsp3) is 0.167. The number of phenols is 1. The van der Waals surface area contributed by atoms with Crippen LogP contribution in [0.25, 0.3) is 0 Å². The minimum atomic E-state index is -0.789. The third-order valence-corrected chi connectivity index (χ3v) is 4.45. The van der Waals surface area contributed by atoms with Crippen LogP contribution >= 0.6 is 0 Å². The van der Waals surface area contributed by atoms with Gasteiger partial charge in [0.05, 0.1) is 6.04 Å². The lowest BCUT2D eigenvalue weighted by Crippen LogP contribution is -2.30. The molecule has 0 fully saturated rings. The number of carbonyl (C=O) groups excluding carboxylic acids is 1. The average molecular weight is 404 g/mol. The summed E-state index contributed by atoms with van der Waals surface area (Å²) < 4.78 is 13.9. The Morgan fingerprint density at radius 2 is 1.97 bits per heavy atom. The number of halogens is 1. The van der Waals surface area contributed by atoms with Crippen molar-refractivity contribution in [3.8, 4) is 17.6 Å². The van der Waals surface area contributed by atoms with E-state index < -0.39 is 17.8 Å². The molecule has 5 nitrogen and oxygen atoms in total. The molecule has 0 aliphatic rings. The van der Waals surface area contributed by atoms with Gasteiger partial charge in [-0.05, 0) is 49.7 Å². The van der Waals surface area contributed by atoms with Crippen molar-refractivity contribution in [3.05, 3.63) is 94.1 Å². The van der Waals surface area contributed by atoms with Crippen LogP contribution in [-0.2, 0) is 0 Å². The molecule has 3 aromatic rings. The summed E-state index contributed by atoms with van der Waals surface area (Å²) in [6, 6.07) is 13.4.